The largest absolute Gasteiger partial charge is 0.471 e. The molecule has 1 aliphatic rings. The number of hydrogen-bond acceptors (Lipinski definition) is 3. The average Bonchev–Trinajstić information content (AvgIpc) is 2.49. The summed E-state index contributed by atoms with van der Waals surface area (Å²) in [5.74, 6) is -1.87. The SMILES string of the molecule is CCC(C)C(N)C(=O)NCC1CCN(C(=O)C(F)(F)F)CC1. The first-order valence-electron chi connectivity index (χ1n) is 7.56. The van der Waals surface area contributed by atoms with Crippen LogP contribution < -0.4 is 11.1 Å². The first kappa shape index (κ1) is 18.7. The zero-order valence-corrected chi connectivity index (χ0v) is 12.9. The van der Waals surface area contributed by atoms with Crippen molar-refractivity contribution >= 4 is 11.8 Å². The average molecular weight is 323 g/mol. The molecule has 0 aromatic heterocycles. The van der Waals surface area contributed by atoms with Crippen molar-refractivity contribution in [2.24, 2.45) is 17.6 Å². The van der Waals surface area contributed by atoms with Gasteiger partial charge in [0.15, 0.2) is 0 Å². The van der Waals surface area contributed by atoms with Crippen LogP contribution in [0.4, 0.5) is 13.2 Å². The molecule has 3 N–H and O–H groups in total. The van der Waals surface area contributed by atoms with Gasteiger partial charge in [-0.15, -0.1) is 0 Å². The maximum atomic E-state index is 12.3. The molecule has 0 spiro atoms. The van der Waals surface area contributed by atoms with Gasteiger partial charge in [0.25, 0.3) is 0 Å². The molecule has 2 amide bonds. The number of carbonyl (C=O) groups is 2. The minimum Gasteiger partial charge on any atom is -0.354 e. The van der Waals surface area contributed by atoms with Gasteiger partial charge in [-0.2, -0.15) is 13.2 Å². The van der Waals surface area contributed by atoms with Gasteiger partial charge in [0, 0.05) is 19.6 Å². The highest BCUT2D eigenvalue weighted by molar-refractivity contribution is 5.82. The topological polar surface area (TPSA) is 75.4 Å². The third kappa shape index (κ3) is 5.15. The summed E-state index contributed by atoms with van der Waals surface area (Å²) in [6.07, 6.45) is -3.13. The van der Waals surface area contributed by atoms with Gasteiger partial charge in [-0.05, 0) is 24.7 Å². The summed E-state index contributed by atoms with van der Waals surface area (Å²) in [4.78, 5) is 23.8. The van der Waals surface area contributed by atoms with Crippen molar-refractivity contribution in [2.45, 2.75) is 45.3 Å². The van der Waals surface area contributed by atoms with Crippen molar-refractivity contribution in [1.82, 2.24) is 10.2 Å². The molecule has 1 fully saturated rings. The number of halogens is 3. The molecule has 0 aromatic rings. The van der Waals surface area contributed by atoms with Crippen LogP contribution in [0.3, 0.4) is 0 Å². The molecular weight excluding hydrogens is 299 g/mol. The van der Waals surface area contributed by atoms with E-state index in [9.17, 15) is 22.8 Å². The Morgan fingerprint density at radius 3 is 2.32 bits per heavy atom. The Bertz CT molecular complexity index is 393. The monoisotopic (exact) mass is 323 g/mol. The van der Waals surface area contributed by atoms with E-state index in [4.69, 9.17) is 5.73 Å². The first-order chi connectivity index (χ1) is 10.2. The molecule has 22 heavy (non-hydrogen) atoms. The predicted molar refractivity (Wildman–Crippen MR) is 75.8 cm³/mol. The summed E-state index contributed by atoms with van der Waals surface area (Å²) >= 11 is 0. The van der Waals surface area contributed by atoms with Crippen LogP contribution in [-0.2, 0) is 9.59 Å². The normalized spacial score (nSPS) is 19.6. The molecule has 0 aromatic carbocycles. The van der Waals surface area contributed by atoms with Crippen LogP contribution in [0, 0.1) is 11.8 Å². The zero-order chi connectivity index (χ0) is 16.9. The van der Waals surface area contributed by atoms with Gasteiger partial charge in [-0.1, -0.05) is 20.3 Å². The Balaban J connectivity index is 2.35. The van der Waals surface area contributed by atoms with Crippen LogP contribution in [0.15, 0.2) is 0 Å². The number of nitrogens with one attached hydrogen (secondary N) is 1. The molecule has 1 heterocycles. The second-order valence-corrected chi connectivity index (χ2v) is 5.89. The smallest absolute Gasteiger partial charge is 0.354 e. The van der Waals surface area contributed by atoms with Crippen molar-refractivity contribution in [3.05, 3.63) is 0 Å². The standard InChI is InChI=1S/C14H24F3N3O2/c1-3-9(2)11(18)12(21)19-8-10-4-6-20(7-5-10)13(22)14(15,16)17/h9-11H,3-8,18H2,1-2H3,(H,19,21). The summed E-state index contributed by atoms with van der Waals surface area (Å²) in [5, 5.41) is 2.75. The quantitative estimate of drug-likeness (QED) is 0.800. The van der Waals surface area contributed by atoms with Crippen LogP contribution in [-0.4, -0.2) is 48.6 Å². The van der Waals surface area contributed by atoms with E-state index in [1.807, 2.05) is 13.8 Å². The number of likely N-dealkylation sites (tertiary alicyclic amines) is 1. The lowest BCUT2D eigenvalue weighted by Crippen LogP contribution is -2.49. The van der Waals surface area contributed by atoms with Crippen molar-refractivity contribution in [1.29, 1.82) is 0 Å². The lowest BCUT2D eigenvalue weighted by molar-refractivity contribution is -0.186. The Hall–Kier alpha value is -1.31. The highest BCUT2D eigenvalue weighted by Gasteiger charge is 2.43. The molecule has 0 bridgehead atoms. The van der Waals surface area contributed by atoms with Crippen LogP contribution in [0.2, 0.25) is 0 Å². The van der Waals surface area contributed by atoms with Gasteiger partial charge in [-0.3, -0.25) is 9.59 Å². The summed E-state index contributed by atoms with van der Waals surface area (Å²) in [6.45, 7) is 4.36. The van der Waals surface area contributed by atoms with Gasteiger partial charge in [0.1, 0.15) is 0 Å². The molecule has 2 atom stereocenters. The lowest BCUT2D eigenvalue weighted by Gasteiger charge is -2.32. The van der Waals surface area contributed by atoms with Crippen LogP contribution in [0.1, 0.15) is 33.1 Å². The molecule has 2 unspecified atom stereocenters. The van der Waals surface area contributed by atoms with Crippen LogP contribution in [0.25, 0.3) is 0 Å². The summed E-state index contributed by atoms with van der Waals surface area (Å²) in [7, 11) is 0. The molecule has 0 saturated carbocycles. The molecule has 0 radical (unpaired) electrons. The molecular formula is C14H24F3N3O2. The third-order valence-electron chi connectivity index (χ3n) is 4.27. The fourth-order valence-electron chi connectivity index (χ4n) is 2.39. The van der Waals surface area contributed by atoms with Crippen LogP contribution in [0.5, 0.6) is 0 Å². The van der Waals surface area contributed by atoms with E-state index in [1.54, 1.807) is 0 Å². The van der Waals surface area contributed by atoms with Crippen molar-refractivity contribution in [2.75, 3.05) is 19.6 Å². The lowest BCUT2D eigenvalue weighted by atomic mass is 9.95. The highest BCUT2D eigenvalue weighted by Crippen LogP contribution is 2.23. The molecule has 1 saturated heterocycles. The van der Waals surface area contributed by atoms with Gasteiger partial charge in [-0.25, -0.2) is 0 Å². The Labute approximate surface area is 128 Å². The van der Waals surface area contributed by atoms with Gasteiger partial charge < -0.3 is 16.0 Å². The number of amides is 2. The van der Waals surface area contributed by atoms with Gasteiger partial charge >= 0.3 is 12.1 Å². The Morgan fingerprint density at radius 2 is 1.86 bits per heavy atom. The first-order valence-corrected chi connectivity index (χ1v) is 7.56. The molecule has 128 valence electrons. The van der Waals surface area contributed by atoms with E-state index < -0.39 is 18.1 Å². The minimum atomic E-state index is -4.82. The maximum absolute atomic E-state index is 12.3. The number of alkyl halides is 3. The molecule has 1 aliphatic heterocycles. The van der Waals surface area contributed by atoms with E-state index in [-0.39, 0.29) is 30.8 Å². The maximum Gasteiger partial charge on any atom is 0.471 e. The number of rotatable bonds is 5. The fraction of sp³-hybridized carbons (Fsp3) is 0.857. The number of hydrogen-bond donors (Lipinski definition) is 2. The molecule has 8 heteroatoms. The number of piperidine rings is 1. The van der Waals surface area contributed by atoms with Gasteiger partial charge in [0.05, 0.1) is 6.04 Å². The Morgan fingerprint density at radius 1 is 1.32 bits per heavy atom. The van der Waals surface area contributed by atoms with E-state index in [0.717, 1.165) is 11.3 Å². The molecule has 5 nitrogen and oxygen atoms in total. The number of carbonyl (C=O) groups excluding carboxylic acids is 2. The van der Waals surface area contributed by atoms with E-state index >= 15 is 0 Å². The fourth-order valence-corrected chi connectivity index (χ4v) is 2.39. The Kier molecular flexibility index (Phi) is 6.65. The zero-order valence-electron chi connectivity index (χ0n) is 12.9. The second kappa shape index (κ2) is 7.80. The second-order valence-electron chi connectivity index (χ2n) is 5.89. The van der Waals surface area contributed by atoms with E-state index in [2.05, 4.69) is 5.32 Å². The van der Waals surface area contributed by atoms with E-state index in [0.29, 0.717) is 19.4 Å². The van der Waals surface area contributed by atoms with Crippen molar-refractivity contribution in [3.8, 4) is 0 Å². The summed E-state index contributed by atoms with van der Waals surface area (Å²) in [6, 6.07) is -0.572. The van der Waals surface area contributed by atoms with Crippen LogP contribution >= 0.6 is 0 Å². The van der Waals surface area contributed by atoms with Crippen molar-refractivity contribution < 1.29 is 22.8 Å². The van der Waals surface area contributed by atoms with Crippen molar-refractivity contribution in [3.63, 3.8) is 0 Å². The number of nitrogens with zero attached hydrogens (tertiary/aromatic N) is 1. The molecule has 1 rings (SSSR count). The predicted octanol–water partition coefficient (Wildman–Crippen LogP) is 1.28. The highest BCUT2D eigenvalue weighted by atomic mass is 19.4. The van der Waals surface area contributed by atoms with E-state index in [1.165, 1.54) is 0 Å². The molecule has 0 aliphatic carbocycles. The minimum absolute atomic E-state index is 0.0658. The summed E-state index contributed by atoms with van der Waals surface area (Å²) < 4.78 is 37.0. The van der Waals surface area contributed by atoms with Gasteiger partial charge in [0.2, 0.25) is 5.91 Å². The third-order valence-corrected chi connectivity index (χ3v) is 4.27. The summed E-state index contributed by atoms with van der Waals surface area (Å²) in [5.41, 5.74) is 5.81. The number of nitrogens with two attached hydrogens (primary N) is 1.